The second kappa shape index (κ2) is 12.3. The van der Waals surface area contributed by atoms with Crippen LogP contribution in [0.5, 0.6) is 0 Å². The zero-order valence-corrected chi connectivity index (χ0v) is 21.1. The summed E-state index contributed by atoms with van der Waals surface area (Å²) in [5.74, 6) is -0.339. The van der Waals surface area contributed by atoms with Crippen molar-refractivity contribution in [3.8, 4) is 9.88 Å². The van der Waals surface area contributed by atoms with Crippen LogP contribution in [-0.4, -0.2) is 35.3 Å². The number of carbonyl (C=O) groups excluding carboxylic acids is 2. The van der Waals surface area contributed by atoms with Gasteiger partial charge in [-0.05, 0) is 41.1 Å². The summed E-state index contributed by atoms with van der Waals surface area (Å²) in [6, 6.07) is 19.4. The van der Waals surface area contributed by atoms with Crippen LogP contribution >= 0.6 is 22.7 Å². The van der Waals surface area contributed by atoms with Crippen LogP contribution in [0.4, 0.5) is 10.5 Å². The molecule has 2 aromatic heterocycles. The number of nitrogens with one attached hydrogen (secondary N) is 3. The Morgan fingerprint density at radius 1 is 0.944 bits per heavy atom. The van der Waals surface area contributed by atoms with Crippen LogP contribution in [0.1, 0.15) is 22.9 Å². The van der Waals surface area contributed by atoms with Crippen LogP contribution < -0.4 is 16.1 Å². The van der Waals surface area contributed by atoms with Crippen molar-refractivity contribution in [3.05, 3.63) is 94.3 Å². The SMILES string of the molecule is COC(=O)N[C@@H](Cc1ccccc1)C(=O)N[C@@H](Cc1ccc(NO)cc1)c1csc(-c2cccs2)n1. The van der Waals surface area contributed by atoms with E-state index >= 15 is 0 Å². The van der Waals surface area contributed by atoms with E-state index in [2.05, 4.69) is 16.1 Å². The molecule has 0 saturated carbocycles. The van der Waals surface area contributed by atoms with Crippen LogP contribution in [0, 0.1) is 0 Å². The van der Waals surface area contributed by atoms with Gasteiger partial charge in [0.1, 0.15) is 11.0 Å². The van der Waals surface area contributed by atoms with Crippen molar-refractivity contribution in [2.24, 2.45) is 0 Å². The first-order valence-corrected chi connectivity index (χ1v) is 13.0. The topological polar surface area (TPSA) is 113 Å². The summed E-state index contributed by atoms with van der Waals surface area (Å²) in [6.07, 6.45) is 0.105. The number of amides is 2. The Bertz CT molecular complexity index is 1260. The molecule has 4 rings (SSSR count). The summed E-state index contributed by atoms with van der Waals surface area (Å²) < 4.78 is 4.75. The highest BCUT2D eigenvalue weighted by Crippen LogP contribution is 2.31. The molecule has 2 heterocycles. The van der Waals surface area contributed by atoms with Crippen LogP contribution in [0.25, 0.3) is 9.88 Å². The summed E-state index contributed by atoms with van der Waals surface area (Å²) in [5.41, 5.74) is 5.28. The fourth-order valence-electron chi connectivity index (χ4n) is 3.67. The van der Waals surface area contributed by atoms with Gasteiger partial charge in [-0.3, -0.25) is 15.5 Å². The van der Waals surface area contributed by atoms with Crippen molar-refractivity contribution in [2.75, 3.05) is 12.6 Å². The smallest absolute Gasteiger partial charge is 0.407 e. The lowest BCUT2D eigenvalue weighted by Gasteiger charge is -2.23. The highest BCUT2D eigenvalue weighted by Gasteiger charge is 2.26. The fourth-order valence-corrected chi connectivity index (χ4v) is 5.36. The number of nitrogens with zero attached hydrogens (tertiary/aromatic N) is 1. The minimum absolute atomic E-state index is 0.308. The molecule has 0 fully saturated rings. The van der Waals surface area contributed by atoms with E-state index < -0.39 is 18.2 Å². The van der Waals surface area contributed by atoms with E-state index in [1.807, 2.05) is 65.4 Å². The molecule has 0 saturated heterocycles. The molecule has 4 aromatic rings. The lowest BCUT2D eigenvalue weighted by Crippen LogP contribution is -2.49. The van der Waals surface area contributed by atoms with Gasteiger partial charge in [-0.1, -0.05) is 48.5 Å². The first kappa shape index (κ1) is 25.4. The Labute approximate surface area is 216 Å². The monoisotopic (exact) mass is 522 g/mol. The van der Waals surface area contributed by atoms with Gasteiger partial charge in [0.05, 0.1) is 29.4 Å². The second-order valence-corrected chi connectivity index (χ2v) is 9.81. The summed E-state index contributed by atoms with van der Waals surface area (Å²) in [4.78, 5) is 31.3. The fraction of sp³-hybridized carbons (Fsp3) is 0.192. The summed E-state index contributed by atoms with van der Waals surface area (Å²) in [6.45, 7) is 0. The van der Waals surface area contributed by atoms with E-state index in [9.17, 15) is 9.59 Å². The number of methoxy groups -OCH3 is 1. The van der Waals surface area contributed by atoms with E-state index in [0.29, 0.717) is 18.5 Å². The Hall–Kier alpha value is -3.73. The zero-order chi connectivity index (χ0) is 25.3. The number of anilines is 1. The standard InChI is InChI=1S/C26H26N4O4S2/c1-34-26(32)29-21(15-17-6-3-2-4-7-17)24(31)27-20(14-18-9-11-19(30-33)12-10-18)22-16-36-25(28-22)23-8-5-13-35-23/h2-13,16,20-21,30,33H,14-15H2,1H3,(H,27,31)(H,29,32)/t20-,21-/m0/s1. The third-order valence-electron chi connectivity index (χ3n) is 5.53. The number of carbonyl (C=O) groups is 2. The number of alkyl carbamates (subject to hydrolysis) is 1. The molecular formula is C26H26N4O4S2. The van der Waals surface area contributed by atoms with E-state index in [4.69, 9.17) is 14.9 Å². The first-order valence-electron chi connectivity index (χ1n) is 11.2. The highest BCUT2D eigenvalue weighted by molar-refractivity contribution is 7.20. The van der Waals surface area contributed by atoms with Crippen molar-refractivity contribution in [2.45, 2.75) is 24.9 Å². The Morgan fingerprint density at radius 2 is 1.69 bits per heavy atom. The quantitative estimate of drug-likeness (QED) is 0.217. The van der Waals surface area contributed by atoms with Gasteiger partial charge in [-0.15, -0.1) is 22.7 Å². The Balaban J connectivity index is 1.59. The predicted octanol–water partition coefficient (Wildman–Crippen LogP) is 5.04. The predicted molar refractivity (Wildman–Crippen MR) is 141 cm³/mol. The third-order valence-corrected chi connectivity index (χ3v) is 7.43. The van der Waals surface area contributed by atoms with Crippen molar-refractivity contribution in [1.29, 1.82) is 0 Å². The normalized spacial score (nSPS) is 12.4. The molecule has 0 aliphatic rings. The number of rotatable bonds is 10. The van der Waals surface area contributed by atoms with E-state index in [1.165, 1.54) is 18.4 Å². The lowest BCUT2D eigenvalue weighted by molar-refractivity contribution is -0.123. The molecule has 4 N–H and O–H groups in total. The van der Waals surface area contributed by atoms with Crippen LogP contribution in [0.2, 0.25) is 0 Å². The number of hydrogen-bond acceptors (Lipinski definition) is 8. The molecule has 0 aliphatic heterocycles. The number of thiazole rings is 1. The maximum atomic E-state index is 13.5. The lowest BCUT2D eigenvalue weighted by atomic mass is 10.0. The third kappa shape index (κ3) is 6.69. The number of aromatic nitrogens is 1. The van der Waals surface area contributed by atoms with Gasteiger partial charge in [0.25, 0.3) is 0 Å². The van der Waals surface area contributed by atoms with Crippen molar-refractivity contribution >= 4 is 40.4 Å². The van der Waals surface area contributed by atoms with Crippen LogP contribution in [0.15, 0.2) is 77.5 Å². The van der Waals surface area contributed by atoms with E-state index in [-0.39, 0.29) is 5.91 Å². The van der Waals surface area contributed by atoms with Gasteiger partial charge in [-0.2, -0.15) is 0 Å². The second-order valence-electron chi connectivity index (χ2n) is 8.01. The molecule has 0 bridgehead atoms. The van der Waals surface area contributed by atoms with Crippen molar-refractivity contribution in [1.82, 2.24) is 15.6 Å². The maximum absolute atomic E-state index is 13.5. The maximum Gasteiger partial charge on any atom is 0.407 e. The number of benzene rings is 2. The van der Waals surface area contributed by atoms with Crippen molar-refractivity contribution in [3.63, 3.8) is 0 Å². The molecule has 0 radical (unpaired) electrons. The van der Waals surface area contributed by atoms with Gasteiger partial charge in [-0.25, -0.2) is 9.78 Å². The van der Waals surface area contributed by atoms with Gasteiger partial charge in [0, 0.05) is 11.8 Å². The van der Waals surface area contributed by atoms with Gasteiger partial charge in [0.2, 0.25) is 5.91 Å². The van der Waals surface area contributed by atoms with Gasteiger partial charge in [0.15, 0.2) is 0 Å². The molecule has 186 valence electrons. The molecule has 2 aromatic carbocycles. The van der Waals surface area contributed by atoms with Crippen LogP contribution in [0.3, 0.4) is 0 Å². The first-order chi connectivity index (χ1) is 17.6. The molecule has 0 aliphatic carbocycles. The summed E-state index contributed by atoms with van der Waals surface area (Å²) in [5, 5.41) is 19.7. The van der Waals surface area contributed by atoms with Gasteiger partial charge < -0.3 is 15.4 Å². The van der Waals surface area contributed by atoms with Crippen molar-refractivity contribution < 1.29 is 19.5 Å². The average Bonchev–Trinajstić information content (AvgIpc) is 3.61. The summed E-state index contributed by atoms with van der Waals surface area (Å²) in [7, 11) is 1.27. The highest BCUT2D eigenvalue weighted by atomic mass is 32.1. The van der Waals surface area contributed by atoms with Gasteiger partial charge >= 0.3 is 6.09 Å². The Kier molecular flexibility index (Phi) is 8.66. The molecule has 8 nitrogen and oxygen atoms in total. The average molecular weight is 523 g/mol. The number of thiophene rings is 1. The largest absolute Gasteiger partial charge is 0.453 e. The zero-order valence-electron chi connectivity index (χ0n) is 19.5. The van der Waals surface area contributed by atoms with Crippen LogP contribution in [-0.2, 0) is 22.4 Å². The number of hydrogen-bond donors (Lipinski definition) is 4. The molecule has 2 atom stereocenters. The summed E-state index contributed by atoms with van der Waals surface area (Å²) >= 11 is 3.13. The Morgan fingerprint density at radius 3 is 2.36 bits per heavy atom. The molecular weight excluding hydrogens is 496 g/mol. The van der Waals surface area contributed by atoms with E-state index in [1.54, 1.807) is 23.5 Å². The number of ether oxygens (including phenoxy) is 1. The molecule has 10 heteroatoms. The molecule has 36 heavy (non-hydrogen) atoms. The minimum atomic E-state index is -0.835. The molecule has 0 unspecified atom stereocenters. The minimum Gasteiger partial charge on any atom is -0.453 e. The van der Waals surface area contributed by atoms with E-state index in [0.717, 1.165) is 26.7 Å². The molecule has 0 spiro atoms. The molecule has 2 amide bonds.